The van der Waals surface area contributed by atoms with Gasteiger partial charge in [-0.2, -0.15) is 4.31 Å². The number of amides is 1. The summed E-state index contributed by atoms with van der Waals surface area (Å²) in [5.41, 5.74) is 0.478. The molecule has 1 heterocycles. The van der Waals surface area contributed by atoms with Crippen molar-refractivity contribution >= 4 is 31.6 Å². The van der Waals surface area contributed by atoms with Gasteiger partial charge in [-0.05, 0) is 55.5 Å². The van der Waals surface area contributed by atoms with Gasteiger partial charge in [0.15, 0.2) is 6.10 Å². The molecule has 2 aromatic carbocycles. The molecule has 0 spiro atoms. The number of ether oxygens (including phenoxy) is 3. The summed E-state index contributed by atoms with van der Waals surface area (Å²) >= 11 is 0. The van der Waals surface area contributed by atoms with Crippen LogP contribution < -0.4 is 19.1 Å². The Morgan fingerprint density at radius 2 is 1.61 bits per heavy atom. The first kappa shape index (κ1) is 27.7. The molecule has 11 nitrogen and oxygen atoms in total. The molecule has 3 rings (SSSR count). The highest BCUT2D eigenvalue weighted by molar-refractivity contribution is 7.92. The zero-order valence-electron chi connectivity index (χ0n) is 20.4. The van der Waals surface area contributed by atoms with Crippen molar-refractivity contribution in [2.24, 2.45) is 0 Å². The summed E-state index contributed by atoms with van der Waals surface area (Å²) in [4.78, 5) is 12.5. The number of carbonyl (C=O) groups is 1. The third-order valence-electron chi connectivity index (χ3n) is 5.48. The van der Waals surface area contributed by atoms with Crippen molar-refractivity contribution in [1.82, 2.24) is 9.62 Å². The Bertz CT molecular complexity index is 1230. The van der Waals surface area contributed by atoms with E-state index >= 15 is 0 Å². The van der Waals surface area contributed by atoms with Crippen LogP contribution in [0.5, 0.6) is 11.5 Å². The zero-order valence-corrected chi connectivity index (χ0v) is 22.0. The fourth-order valence-electron chi connectivity index (χ4n) is 3.31. The number of carbonyl (C=O) groups excluding carboxylic acids is 1. The lowest BCUT2D eigenvalue weighted by Crippen LogP contribution is -2.40. The molecule has 1 unspecified atom stereocenters. The molecule has 0 bridgehead atoms. The predicted octanol–water partition coefficient (Wildman–Crippen LogP) is 1.07. The molecule has 1 amide bonds. The van der Waals surface area contributed by atoms with Crippen LogP contribution in [-0.4, -0.2) is 85.9 Å². The van der Waals surface area contributed by atoms with E-state index in [1.807, 2.05) is 0 Å². The van der Waals surface area contributed by atoms with Gasteiger partial charge in [-0.25, -0.2) is 16.8 Å². The minimum absolute atomic E-state index is 0.181. The van der Waals surface area contributed by atoms with E-state index in [1.54, 1.807) is 43.3 Å². The average Bonchev–Trinajstić information content (AvgIpc) is 2.86. The molecule has 2 aromatic rings. The molecule has 0 aliphatic carbocycles. The number of rotatable bonds is 11. The minimum atomic E-state index is -3.57. The highest BCUT2D eigenvalue weighted by Crippen LogP contribution is 2.22. The van der Waals surface area contributed by atoms with Gasteiger partial charge in [0.1, 0.15) is 18.1 Å². The lowest BCUT2D eigenvalue weighted by atomic mass is 10.3. The van der Waals surface area contributed by atoms with Crippen LogP contribution in [0.3, 0.4) is 0 Å². The van der Waals surface area contributed by atoms with Gasteiger partial charge in [0, 0.05) is 20.1 Å². The van der Waals surface area contributed by atoms with Gasteiger partial charge in [0.05, 0.1) is 36.6 Å². The summed E-state index contributed by atoms with van der Waals surface area (Å²) < 4.78 is 67.5. The molecule has 1 saturated heterocycles. The molecule has 1 N–H and O–H groups in total. The first-order chi connectivity index (χ1) is 17.0. The second-order valence-electron chi connectivity index (χ2n) is 8.11. The first-order valence-corrected chi connectivity index (χ1v) is 14.6. The Kier molecular flexibility index (Phi) is 9.17. The lowest BCUT2D eigenvalue weighted by molar-refractivity contribution is -0.127. The maximum absolute atomic E-state index is 12.7. The van der Waals surface area contributed by atoms with Gasteiger partial charge < -0.3 is 19.5 Å². The molecule has 198 valence electrons. The van der Waals surface area contributed by atoms with E-state index < -0.39 is 26.2 Å². The maximum Gasteiger partial charge on any atom is 0.260 e. The number of nitrogens with one attached hydrogen (secondary N) is 1. The predicted molar refractivity (Wildman–Crippen MR) is 134 cm³/mol. The van der Waals surface area contributed by atoms with E-state index in [2.05, 4.69) is 5.32 Å². The van der Waals surface area contributed by atoms with Crippen LogP contribution in [0.15, 0.2) is 53.4 Å². The zero-order chi connectivity index (χ0) is 26.3. The van der Waals surface area contributed by atoms with Crippen LogP contribution in [0.1, 0.15) is 6.92 Å². The minimum Gasteiger partial charge on any atom is -0.492 e. The Labute approximate surface area is 212 Å². The molecule has 1 atom stereocenters. The fraction of sp³-hybridized carbons (Fsp3) is 0.435. The molecule has 36 heavy (non-hydrogen) atoms. The Morgan fingerprint density at radius 1 is 1.03 bits per heavy atom. The third kappa shape index (κ3) is 7.32. The highest BCUT2D eigenvalue weighted by Gasteiger charge is 2.26. The van der Waals surface area contributed by atoms with E-state index in [0.717, 1.165) is 10.6 Å². The summed E-state index contributed by atoms with van der Waals surface area (Å²) in [6, 6.07) is 12.5. The maximum atomic E-state index is 12.7. The topological polar surface area (TPSA) is 132 Å². The van der Waals surface area contributed by atoms with Gasteiger partial charge in [0.25, 0.3) is 5.91 Å². The quantitative estimate of drug-likeness (QED) is 0.418. The summed E-state index contributed by atoms with van der Waals surface area (Å²) in [6.07, 6.45) is 0.327. The normalized spacial score (nSPS) is 15.6. The number of benzene rings is 2. The number of sulfonamides is 2. The molecule has 1 fully saturated rings. The highest BCUT2D eigenvalue weighted by atomic mass is 32.2. The Balaban J connectivity index is 1.42. The molecule has 0 aromatic heterocycles. The van der Waals surface area contributed by atoms with E-state index in [-0.39, 0.29) is 24.0 Å². The summed E-state index contributed by atoms with van der Waals surface area (Å²) in [5.74, 6) is 0.559. The van der Waals surface area contributed by atoms with Crippen molar-refractivity contribution < 1.29 is 35.8 Å². The molecular formula is C23H31N3O8S2. The van der Waals surface area contributed by atoms with E-state index in [4.69, 9.17) is 14.2 Å². The Morgan fingerprint density at radius 3 is 2.19 bits per heavy atom. The van der Waals surface area contributed by atoms with Crippen LogP contribution in [0.4, 0.5) is 5.69 Å². The molecule has 0 radical (unpaired) electrons. The van der Waals surface area contributed by atoms with Crippen LogP contribution in [0.2, 0.25) is 0 Å². The second kappa shape index (κ2) is 11.9. The number of anilines is 1. The van der Waals surface area contributed by atoms with Gasteiger partial charge in [-0.3, -0.25) is 9.10 Å². The monoisotopic (exact) mass is 541 g/mol. The first-order valence-electron chi connectivity index (χ1n) is 11.3. The molecular weight excluding hydrogens is 510 g/mol. The third-order valence-corrected chi connectivity index (χ3v) is 8.60. The largest absolute Gasteiger partial charge is 0.492 e. The Hall–Kier alpha value is -2.87. The number of nitrogens with zero attached hydrogens (tertiary/aromatic N) is 2. The van der Waals surface area contributed by atoms with Gasteiger partial charge >= 0.3 is 0 Å². The second-order valence-corrected chi connectivity index (χ2v) is 12.1. The van der Waals surface area contributed by atoms with Gasteiger partial charge in [-0.15, -0.1) is 0 Å². The molecule has 1 aliphatic heterocycles. The number of hydrogen-bond acceptors (Lipinski definition) is 8. The van der Waals surface area contributed by atoms with E-state index in [1.165, 1.54) is 23.5 Å². The van der Waals surface area contributed by atoms with Crippen LogP contribution in [0, 0.1) is 0 Å². The van der Waals surface area contributed by atoms with Crippen molar-refractivity contribution in [2.45, 2.75) is 17.9 Å². The smallest absolute Gasteiger partial charge is 0.260 e. The van der Waals surface area contributed by atoms with E-state index in [0.29, 0.717) is 43.5 Å². The average molecular weight is 542 g/mol. The summed E-state index contributed by atoms with van der Waals surface area (Å²) in [6.45, 7) is 3.41. The van der Waals surface area contributed by atoms with Crippen molar-refractivity contribution in [1.29, 1.82) is 0 Å². The molecule has 0 saturated carbocycles. The standard InChI is InChI=1S/C23H31N3O8S2/c1-18(34-21-6-4-19(5-7-21)25(2)35(3,28)29)23(27)24-12-15-33-20-8-10-22(11-9-20)36(30,31)26-13-16-32-17-14-26/h4-11,18H,12-17H2,1-3H3,(H,24,27). The van der Waals surface area contributed by atoms with Crippen molar-refractivity contribution in [3.63, 3.8) is 0 Å². The van der Waals surface area contributed by atoms with Crippen LogP contribution >= 0.6 is 0 Å². The van der Waals surface area contributed by atoms with Crippen LogP contribution in [0.25, 0.3) is 0 Å². The van der Waals surface area contributed by atoms with Crippen molar-refractivity contribution in [3.8, 4) is 11.5 Å². The van der Waals surface area contributed by atoms with Gasteiger partial charge in [-0.1, -0.05) is 0 Å². The lowest BCUT2D eigenvalue weighted by Gasteiger charge is -2.26. The molecule has 13 heteroatoms. The number of morpholine rings is 1. The van der Waals surface area contributed by atoms with E-state index in [9.17, 15) is 21.6 Å². The number of hydrogen-bond donors (Lipinski definition) is 1. The van der Waals surface area contributed by atoms with Crippen molar-refractivity contribution in [3.05, 3.63) is 48.5 Å². The summed E-state index contributed by atoms with van der Waals surface area (Å²) in [7, 11) is -5.48. The van der Waals surface area contributed by atoms with Crippen molar-refractivity contribution in [2.75, 3.05) is 57.1 Å². The SMILES string of the molecule is CC(Oc1ccc(N(C)S(C)(=O)=O)cc1)C(=O)NCCOc1ccc(S(=O)(=O)N2CCOCC2)cc1. The van der Waals surface area contributed by atoms with Crippen LogP contribution in [-0.2, 0) is 29.6 Å². The molecule has 1 aliphatic rings. The fourth-order valence-corrected chi connectivity index (χ4v) is 5.23. The summed E-state index contributed by atoms with van der Waals surface area (Å²) in [5, 5.41) is 2.71. The van der Waals surface area contributed by atoms with Gasteiger partial charge in [0.2, 0.25) is 20.0 Å².